The van der Waals surface area contributed by atoms with Crippen molar-refractivity contribution in [1.29, 1.82) is 0 Å². The van der Waals surface area contributed by atoms with Crippen molar-refractivity contribution in [2.24, 2.45) is 0 Å². The normalized spacial score (nSPS) is 12.5. The Morgan fingerprint density at radius 2 is 2.03 bits per heavy atom. The molecule has 4 rings (SSSR count). The maximum Gasteiger partial charge on any atom is 0.329 e. The number of carboxylic acids is 1. The second-order valence-electron chi connectivity index (χ2n) is 7.72. The lowest BCUT2D eigenvalue weighted by atomic mass is 10.0. The molecule has 0 radical (unpaired) electrons. The van der Waals surface area contributed by atoms with Crippen LogP contribution in [0.25, 0.3) is 21.1 Å². The summed E-state index contributed by atoms with van der Waals surface area (Å²) in [6.45, 7) is 5.85. The Labute approximate surface area is 181 Å². The highest BCUT2D eigenvalue weighted by Crippen LogP contribution is 2.29. The SMILES string of the molecule is CC[C@@H](CC(=O)O)n1c(=O)[nH]c2ccc(Cc3nsc4cc(C)cc(C)c34)nc2c1=O. The number of aryl methyl sites for hydroxylation is 2. The number of aromatic nitrogens is 4. The molecule has 0 aliphatic heterocycles. The summed E-state index contributed by atoms with van der Waals surface area (Å²) >= 11 is 1.44. The number of fused-ring (bicyclic) bond motifs is 2. The zero-order chi connectivity index (χ0) is 22.3. The third-order valence-electron chi connectivity index (χ3n) is 5.42. The van der Waals surface area contributed by atoms with Gasteiger partial charge < -0.3 is 10.1 Å². The Balaban J connectivity index is 1.80. The smallest absolute Gasteiger partial charge is 0.329 e. The zero-order valence-corrected chi connectivity index (χ0v) is 18.2. The van der Waals surface area contributed by atoms with E-state index in [4.69, 9.17) is 5.11 Å². The van der Waals surface area contributed by atoms with E-state index in [-0.39, 0.29) is 11.9 Å². The van der Waals surface area contributed by atoms with E-state index in [0.29, 0.717) is 24.1 Å². The summed E-state index contributed by atoms with van der Waals surface area (Å²) in [4.78, 5) is 43.9. The number of hydrogen-bond donors (Lipinski definition) is 2. The van der Waals surface area contributed by atoms with Gasteiger partial charge in [0.2, 0.25) is 0 Å². The van der Waals surface area contributed by atoms with Crippen LogP contribution in [0.4, 0.5) is 0 Å². The highest BCUT2D eigenvalue weighted by molar-refractivity contribution is 7.13. The minimum absolute atomic E-state index is 0.119. The fraction of sp³-hybridized carbons (Fsp3) is 0.318. The van der Waals surface area contributed by atoms with E-state index < -0.39 is 23.3 Å². The van der Waals surface area contributed by atoms with Crippen LogP contribution in [-0.2, 0) is 11.2 Å². The summed E-state index contributed by atoms with van der Waals surface area (Å²) in [7, 11) is 0. The molecule has 9 heteroatoms. The Bertz CT molecular complexity index is 1430. The molecular formula is C22H22N4O4S. The molecule has 2 N–H and O–H groups in total. The molecule has 0 spiro atoms. The molecule has 0 unspecified atom stereocenters. The molecular weight excluding hydrogens is 416 g/mol. The van der Waals surface area contributed by atoms with Crippen LogP contribution in [0.5, 0.6) is 0 Å². The lowest BCUT2D eigenvalue weighted by molar-refractivity contribution is -0.138. The van der Waals surface area contributed by atoms with E-state index in [1.54, 1.807) is 19.1 Å². The van der Waals surface area contributed by atoms with Crippen LogP contribution in [-0.4, -0.2) is 30.0 Å². The highest BCUT2D eigenvalue weighted by Gasteiger charge is 2.20. The summed E-state index contributed by atoms with van der Waals surface area (Å²) in [5.74, 6) is -1.07. The maximum absolute atomic E-state index is 13.1. The first-order chi connectivity index (χ1) is 14.8. The lowest BCUT2D eigenvalue weighted by Crippen LogP contribution is -2.39. The average Bonchev–Trinajstić information content (AvgIpc) is 3.10. The lowest BCUT2D eigenvalue weighted by Gasteiger charge is -2.15. The molecule has 1 atom stereocenters. The molecule has 160 valence electrons. The number of aromatic amines is 1. The van der Waals surface area contributed by atoms with Crippen molar-refractivity contribution in [3.8, 4) is 0 Å². The second kappa shape index (κ2) is 8.07. The molecule has 8 nitrogen and oxygen atoms in total. The van der Waals surface area contributed by atoms with Gasteiger partial charge in [-0.15, -0.1) is 0 Å². The number of rotatable bonds is 6. The molecule has 0 aliphatic carbocycles. The number of pyridine rings is 1. The average molecular weight is 439 g/mol. The predicted molar refractivity (Wildman–Crippen MR) is 120 cm³/mol. The Hall–Kier alpha value is -3.33. The highest BCUT2D eigenvalue weighted by atomic mass is 32.1. The topological polar surface area (TPSA) is 118 Å². The molecule has 0 saturated carbocycles. The van der Waals surface area contributed by atoms with Crippen LogP contribution in [0.15, 0.2) is 33.9 Å². The van der Waals surface area contributed by atoms with Crippen LogP contribution in [0.3, 0.4) is 0 Å². The number of benzene rings is 1. The number of nitrogens with zero attached hydrogens (tertiary/aromatic N) is 3. The molecule has 1 aromatic carbocycles. The van der Waals surface area contributed by atoms with E-state index in [9.17, 15) is 14.4 Å². The van der Waals surface area contributed by atoms with Gasteiger partial charge in [-0.3, -0.25) is 14.2 Å². The number of hydrogen-bond acceptors (Lipinski definition) is 6. The van der Waals surface area contributed by atoms with E-state index in [1.165, 1.54) is 17.1 Å². The number of nitrogens with one attached hydrogen (secondary N) is 1. The van der Waals surface area contributed by atoms with Gasteiger partial charge in [0.25, 0.3) is 5.56 Å². The van der Waals surface area contributed by atoms with E-state index in [0.717, 1.165) is 25.9 Å². The number of carbonyl (C=O) groups is 1. The fourth-order valence-corrected chi connectivity index (χ4v) is 4.98. The molecule has 31 heavy (non-hydrogen) atoms. The molecule has 3 aromatic heterocycles. The largest absolute Gasteiger partial charge is 0.481 e. The van der Waals surface area contributed by atoms with Gasteiger partial charge in [-0.2, -0.15) is 4.37 Å². The van der Waals surface area contributed by atoms with Gasteiger partial charge in [-0.05, 0) is 61.1 Å². The van der Waals surface area contributed by atoms with Crippen molar-refractivity contribution < 1.29 is 9.90 Å². The summed E-state index contributed by atoms with van der Waals surface area (Å²) < 4.78 is 6.68. The molecule has 0 amide bonds. The summed E-state index contributed by atoms with van der Waals surface area (Å²) in [5.41, 5.74) is 3.11. The van der Waals surface area contributed by atoms with Gasteiger partial charge in [-0.25, -0.2) is 9.78 Å². The molecule has 0 aliphatic rings. The first kappa shape index (κ1) is 20.9. The molecule has 0 bridgehead atoms. The van der Waals surface area contributed by atoms with E-state index in [2.05, 4.69) is 40.3 Å². The third-order valence-corrected chi connectivity index (χ3v) is 6.25. The Morgan fingerprint density at radius 3 is 2.74 bits per heavy atom. The van der Waals surface area contributed by atoms with Gasteiger partial charge in [0.05, 0.1) is 28.4 Å². The minimum atomic E-state index is -1.07. The first-order valence-corrected chi connectivity index (χ1v) is 10.8. The van der Waals surface area contributed by atoms with Gasteiger partial charge in [0, 0.05) is 17.5 Å². The Morgan fingerprint density at radius 1 is 1.26 bits per heavy atom. The van der Waals surface area contributed by atoms with Crippen LogP contribution >= 0.6 is 11.5 Å². The number of H-pyrrole nitrogens is 1. The summed E-state index contributed by atoms with van der Waals surface area (Å²) in [5, 5.41) is 10.2. The van der Waals surface area contributed by atoms with Crippen molar-refractivity contribution in [1.82, 2.24) is 18.9 Å². The maximum atomic E-state index is 13.1. The van der Waals surface area contributed by atoms with Crippen molar-refractivity contribution in [3.05, 3.63) is 67.6 Å². The van der Waals surface area contributed by atoms with Crippen LogP contribution < -0.4 is 11.2 Å². The fourth-order valence-electron chi connectivity index (χ4n) is 4.01. The molecule has 3 heterocycles. The van der Waals surface area contributed by atoms with Gasteiger partial charge >= 0.3 is 11.7 Å². The number of aliphatic carboxylic acids is 1. The van der Waals surface area contributed by atoms with E-state index >= 15 is 0 Å². The zero-order valence-electron chi connectivity index (χ0n) is 17.4. The third kappa shape index (κ3) is 3.88. The standard InChI is InChI=1S/C22H22N4O4S/c1-4-14(10-18(27)28)26-21(29)20-15(24-22(26)30)6-5-13(23-20)9-16-19-12(3)7-11(2)8-17(19)31-25-16/h5-8,14H,4,9-10H2,1-3H3,(H,24,30)(H,27,28)/t14-/m0/s1. The van der Waals surface area contributed by atoms with Gasteiger partial charge in [0.1, 0.15) is 0 Å². The molecule has 0 saturated heterocycles. The summed E-state index contributed by atoms with van der Waals surface area (Å²) in [6, 6.07) is 6.91. The van der Waals surface area contributed by atoms with Crippen molar-refractivity contribution >= 4 is 38.6 Å². The van der Waals surface area contributed by atoms with Crippen molar-refractivity contribution in [2.45, 2.75) is 46.1 Å². The summed E-state index contributed by atoms with van der Waals surface area (Å²) in [6.07, 6.45) is 0.475. The predicted octanol–water partition coefficient (Wildman–Crippen LogP) is 3.33. The molecule has 0 fully saturated rings. The Kier molecular flexibility index (Phi) is 5.45. The monoisotopic (exact) mass is 438 g/mol. The first-order valence-electron chi connectivity index (χ1n) is 10.00. The van der Waals surface area contributed by atoms with Crippen molar-refractivity contribution in [2.75, 3.05) is 0 Å². The van der Waals surface area contributed by atoms with Crippen molar-refractivity contribution in [3.63, 3.8) is 0 Å². The van der Waals surface area contributed by atoms with Crippen LogP contribution in [0.2, 0.25) is 0 Å². The second-order valence-corrected chi connectivity index (χ2v) is 8.53. The minimum Gasteiger partial charge on any atom is -0.481 e. The molecule has 4 aromatic rings. The number of carboxylic acid groups (broad SMARTS) is 1. The van der Waals surface area contributed by atoms with E-state index in [1.807, 2.05) is 0 Å². The van der Waals surface area contributed by atoms with Crippen LogP contribution in [0, 0.1) is 13.8 Å². The van der Waals surface area contributed by atoms with Gasteiger partial charge in [-0.1, -0.05) is 13.0 Å². The van der Waals surface area contributed by atoms with Gasteiger partial charge in [0.15, 0.2) is 5.52 Å². The quantitative estimate of drug-likeness (QED) is 0.477. The van der Waals surface area contributed by atoms with Crippen LogP contribution in [0.1, 0.15) is 48.3 Å².